The van der Waals surface area contributed by atoms with E-state index in [4.69, 9.17) is 21.3 Å². The third-order valence-electron chi connectivity index (χ3n) is 19.6. The maximum atomic E-state index is 13.8. The Labute approximate surface area is 603 Å². The van der Waals surface area contributed by atoms with E-state index in [0.717, 1.165) is 24.2 Å². The molecule has 1 saturated heterocycles. The average Bonchev–Trinajstić information content (AvgIpc) is 1.44. The second-order valence-electron chi connectivity index (χ2n) is 26.5. The number of nitrogens with one attached hydrogen (secondary N) is 10. The lowest BCUT2D eigenvalue weighted by Crippen LogP contribution is -2.68. The van der Waals surface area contributed by atoms with Crippen molar-refractivity contribution in [3.05, 3.63) is 108 Å². The highest BCUT2D eigenvalue weighted by atomic mass is 35.5. The van der Waals surface area contributed by atoms with Crippen LogP contribution in [0.4, 0.5) is 34.8 Å². The molecule has 38 heteroatoms. The van der Waals surface area contributed by atoms with Gasteiger partial charge in [0, 0.05) is 156 Å². The van der Waals surface area contributed by atoms with E-state index in [1.54, 1.807) is 56.5 Å². The molecule has 3 unspecified atom stereocenters. The molecule has 7 heterocycles. The fourth-order valence-electron chi connectivity index (χ4n) is 15.0. The van der Waals surface area contributed by atoms with Crippen LogP contribution in [0.1, 0.15) is 128 Å². The topological polar surface area (TPSA) is 440 Å². The number of ether oxygens (including phenoxy) is 1. The van der Waals surface area contributed by atoms with E-state index in [2.05, 4.69) is 83.1 Å². The first-order chi connectivity index (χ1) is 49.8. The number of carbonyl (C=O) groups excluding carboxylic acids is 11. The van der Waals surface area contributed by atoms with Gasteiger partial charge in [0.25, 0.3) is 35.4 Å². The van der Waals surface area contributed by atoms with Gasteiger partial charge >= 0.3 is 0 Å². The number of benzene rings is 1. The molecule has 4 saturated carbocycles. The number of carbonyl (C=O) groups is 11. The minimum atomic E-state index is -0.721. The zero-order valence-corrected chi connectivity index (χ0v) is 59.4. The van der Waals surface area contributed by atoms with Gasteiger partial charge in [0.1, 0.15) is 0 Å². The Balaban J connectivity index is 0.505. The minimum Gasteiger partial charge on any atom is -0.378 e. The average molecular weight is 1470 g/mol. The third kappa shape index (κ3) is 15.9. The molecule has 7 aromatic rings. The summed E-state index contributed by atoms with van der Waals surface area (Å²) >= 11 is 7.46. The van der Waals surface area contributed by atoms with E-state index in [9.17, 15) is 52.7 Å². The van der Waals surface area contributed by atoms with Crippen molar-refractivity contribution >= 4 is 128 Å². The van der Waals surface area contributed by atoms with Crippen molar-refractivity contribution in [1.82, 2.24) is 88.8 Å². The van der Waals surface area contributed by atoms with Crippen LogP contribution in [0.3, 0.4) is 0 Å². The number of aryl methyl sites for hydroxylation is 6. The molecule has 1 aromatic carbocycles. The molecule has 3 atom stereocenters. The predicted molar refractivity (Wildman–Crippen MR) is 377 cm³/mol. The molecule has 10 N–H and O–H groups in total. The number of amides is 11. The first-order valence-corrected chi connectivity index (χ1v) is 35.0. The van der Waals surface area contributed by atoms with Crippen molar-refractivity contribution in [2.24, 2.45) is 75.9 Å². The highest BCUT2D eigenvalue weighted by molar-refractivity contribution is 8.15. The van der Waals surface area contributed by atoms with Gasteiger partial charge in [-0.25, -0.2) is 34.9 Å². The molecule has 5 aliphatic rings. The van der Waals surface area contributed by atoms with Crippen molar-refractivity contribution in [3.63, 3.8) is 0 Å². The summed E-state index contributed by atoms with van der Waals surface area (Å²) in [6.45, 7) is 1.01. The van der Waals surface area contributed by atoms with Gasteiger partial charge in [-0.05, 0) is 91.4 Å². The number of amidine groups is 1. The second kappa shape index (κ2) is 30.9. The number of aromatic nitrogens is 12. The Bertz CT molecular complexity index is 4550. The summed E-state index contributed by atoms with van der Waals surface area (Å²) in [5.41, 5.74) is 1.48. The Morgan fingerprint density at radius 2 is 0.962 bits per heavy atom. The molecule has 1 spiro atoms. The molecule has 36 nitrogen and oxygen atoms in total. The van der Waals surface area contributed by atoms with E-state index in [1.807, 2.05) is 0 Å². The molecule has 5 fully saturated rings. The number of thioether (sulfide) groups is 1. The molecular weight excluding hydrogens is 1390 g/mol. The Hall–Kier alpha value is -11.1. The number of anilines is 5. The predicted octanol–water partition coefficient (Wildman–Crippen LogP) is 2.62. The summed E-state index contributed by atoms with van der Waals surface area (Å²) in [5, 5.41) is 26.8. The highest BCUT2D eigenvalue weighted by Crippen LogP contribution is 2.87. The van der Waals surface area contributed by atoms with Gasteiger partial charge in [0.2, 0.25) is 58.7 Å². The molecule has 1 aliphatic heterocycles. The Morgan fingerprint density at radius 1 is 0.529 bits per heavy atom. The number of hydrogen-bond donors (Lipinski definition) is 10. The zero-order valence-electron chi connectivity index (χ0n) is 57.8. The number of imidazole rings is 6. The number of halogens is 1. The lowest BCUT2D eigenvalue weighted by atomic mass is 9.29. The van der Waals surface area contributed by atoms with Gasteiger partial charge in [0.15, 0.2) is 40.1 Å². The second-order valence-corrected chi connectivity index (χ2v) is 28.1. The van der Waals surface area contributed by atoms with Gasteiger partial charge in [0.05, 0.1) is 24.2 Å². The van der Waals surface area contributed by atoms with Gasteiger partial charge in [-0.3, -0.25) is 57.6 Å². The van der Waals surface area contributed by atoms with Crippen LogP contribution in [0.25, 0.3) is 0 Å². The molecular formula is C66H79ClN24O12S. The quantitative estimate of drug-likeness (QED) is 0.0279. The lowest BCUT2D eigenvalue weighted by molar-refractivity contribution is -0.264. The minimum absolute atomic E-state index is 0.00604. The normalized spacial score (nSPS) is 20.0. The monoisotopic (exact) mass is 1470 g/mol. The van der Waals surface area contributed by atoms with Crippen molar-refractivity contribution < 1.29 is 57.5 Å². The van der Waals surface area contributed by atoms with E-state index in [0.29, 0.717) is 33.3 Å². The summed E-state index contributed by atoms with van der Waals surface area (Å²) in [4.78, 5) is 176. The Morgan fingerprint density at radius 3 is 1.41 bits per heavy atom. The number of nitrogens with zero attached hydrogens (tertiary/aromatic N) is 14. The van der Waals surface area contributed by atoms with Crippen molar-refractivity contribution in [3.8, 4) is 0 Å². The maximum Gasteiger partial charge on any atom is 0.292 e. The largest absolute Gasteiger partial charge is 0.378 e. The van der Waals surface area contributed by atoms with E-state index < -0.39 is 52.5 Å². The fourth-order valence-corrected chi connectivity index (χ4v) is 16.2. The molecule has 548 valence electrons. The molecule has 12 rings (SSSR count). The molecule has 0 radical (unpaired) electrons. The molecule has 2 bridgehead atoms. The molecule has 11 amide bonds. The van der Waals surface area contributed by atoms with Gasteiger partial charge in [-0.2, -0.15) is 0 Å². The van der Waals surface area contributed by atoms with Crippen LogP contribution in [-0.4, -0.2) is 190 Å². The molecule has 6 aromatic heterocycles. The zero-order chi connectivity index (χ0) is 73.7. The SMILES string of the molecule is Cn1cc(NC(=O)c2nccn2C)nc1C(=O)NCCC(=O)Nc1cn(C)c(C(=O)Nc2cn(C)c(C(=O)NCCC(=O)Nc3cn(C)c(C(=O)Nc4cn(C)c(C(=O)NCCC(=O)NCCOCCNC(=O)C5CC(=O)N(CCC67CC8CC9CC(C6)C87C9)/C(=N/c6ccc(Cl)cc6)S5)n4)n3)n2)n1. The standard InChI is InChI=1S/C66H79ClN24O12S/c1-85-22-18-69-51(85)61(100)82-44-33-86(2)53(79-44)59(98)71-16-12-48(93)75-42-32-90(6)56(78-42)63(102)84-46-35-88(4)54(81-46)60(99)72-17-13-49(94)76-43-31-89(5)55(77-43)62(101)83-45-34-87(3)52(80-45)58(97)70-15-11-47(92)68-19-23-103-24-20-73-57(96)41-27-50(95)91(64(104-41)74-40-9-7-39(67)8-10-40)21-14-65-29-37-25-36-26-38(30-65)66(37,65)28-36/h7-10,18,22,31-38,41H,11-17,19-21,23-30H2,1-6H3,(H,68,92)(H,70,97)(H,71,98)(H,72,99)(H,73,96)(H,75,93)(H,76,94)(H,82,100)(H,83,101)(H,84,102)/b74-64-. The van der Waals surface area contributed by atoms with Crippen molar-refractivity contribution in [1.29, 1.82) is 0 Å². The van der Waals surface area contributed by atoms with E-state index in [-0.39, 0.29) is 153 Å². The highest BCUT2D eigenvalue weighted by Gasteiger charge is 2.80. The van der Waals surface area contributed by atoms with Crippen LogP contribution >= 0.6 is 23.4 Å². The van der Waals surface area contributed by atoms with Crippen LogP contribution in [-0.2, 0) is 71.0 Å². The van der Waals surface area contributed by atoms with Crippen LogP contribution in [0.5, 0.6) is 0 Å². The van der Waals surface area contributed by atoms with Crippen LogP contribution in [0.15, 0.2) is 72.6 Å². The van der Waals surface area contributed by atoms with Crippen molar-refractivity contribution in [2.45, 2.75) is 69.5 Å². The van der Waals surface area contributed by atoms with E-state index >= 15 is 0 Å². The first kappa shape index (κ1) is 72.7. The Kier molecular flexibility index (Phi) is 21.6. The maximum absolute atomic E-state index is 13.8. The van der Waals surface area contributed by atoms with Crippen molar-refractivity contribution in [2.75, 3.05) is 79.1 Å². The summed E-state index contributed by atoms with van der Waals surface area (Å²) in [6, 6.07) is 7.09. The smallest absolute Gasteiger partial charge is 0.292 e. The lowest BCUT2D eigenvalue weighted by Gasteiger charge is -2.75. The van der Waals surface area contributed by atoms with Crippen LogP contribution < -0.4 is 53.2 Å². The van der Waals surface area contributed by atoms with Gasteiger partial charge < -0.3 is 85.3 Å². The number of hydrogen-bond acceptors (Lipinski definition) is 20. The molecule has 104 heavy (non-hydrogen) atoms. The molecule has 4 aliphatic carbocycles. The fraction of sp³-hybridized carbons (Fsp3) is 0.455. The summed E-state index contributed by atoms with van der Waals surface area (Å²) in [7, 11) is 9.34. The third-order valence-corrected chi connectivity index (χ3v) is 21.0. The van der Waals surface area contributed by atoms with Crippen LogP contribution in [0, 0.1) is 28.6 Å². The van der Waals surface area contributed by atoms with Gasteiger partial charge in [-0.1, -0.05) is 23.4 Å². The summed E-state index contributed by atoms with van der Waals surface area (Å²) in [5.74, 6) is -3.15. The summed E-state index contributed by atoms with van der Waals surface area (Å²) < 4.78 is 14.1. The summed E-state index contributed by atoms with van der Waals surface area (Å²) in [6.07, 6.45) is 17.3. The van der Waals surface area contributed by atoms with Gasteiger partial charge in [-0.15, -0.1) is 0 Å². The first-order valence-electron chi connectivity index (χ1n) is 33.8. The number of rotatable bonds is 31. The van der Waals surface area contributed by atoms with E-state index in [1.165, 1.54) is 130 Å². The number of fused-ring (bicyclic) bond motifs is 1. The van der Waals surface area contributed by atoms with Crippen LogP contribution in [0.2, 0.25) is 5.02 Å². The number of aliphatic imine (C=N–C) groups is 1.